The van der Waals surface area contributed by atoms with Gasteiger partial charge in [-0.2, -0.15) is 5.26 Å². The number of halogens is 3. The molecule has 0 unspecified atom stereocenters. The van der Waals surface area contributed by atoms with Gasteiger partial charge in [0.05, 0.1) is 5.69 Å². The van der Waals surface area contributed by atoms with Crippen LogP contribution in [0.2, 0.25) is 0 Å². The quantitative estimate of drug-likeness (QED) is 0.496. The zero-order valence-corrected chi connectivity index (χ0v) is 6.66. The zero-order valence-electron chi connectivity index (χ0n) is 6.66. The van der Waals surface area contributed by atoms with E-state index in [1.807, 2.05) is 0 Å². The van der Waals surface area contributed by atoms with Gasteiger partial charge in [0.2, 0.25) is 0 Å². The minimum Gasteiger partial charge on any atom is -0.396 e. The molecule has 0 spiro atoms. The molecule has 0 atom stereocenters. The Morgan fingerprint density at radius 3 is 2.15 bits per heavy atom. The monoisotopic (exact) mass is 186 g/mol. The average molecular weight is 186 g/mol. The summed E-state index contributed by atoms with van der Waals surface area (Å²) in [4.78, 5) is 0. The van der Waals surface area contributed by atoms with Crippen LogP contribution in [-0.4, -0.2) is 0 Å². The van der Waals surface area contributed by atoms with Gasteiger partial charge in [-0.25, -0.2) is 13.2 Å². The Hall–Kier alpha value is -1.70. The minimum absolute atomic E-state index is 0.254. The third kappa shape index (κ3) is 1.20. The van der Waals surface area contributed by atoms with E-state index in [-0.39, 0.29) is 5.56 Å². The van der Waals surface area contributed by atoms with Gasteiger partial charge in [-0.1, -0.05) is 0 Å². The van der Waals surface area contributed by atoms with E-state index in [0.717, 1.165) is 0 Å². The predicted octanol–water partition coefficient (Wildman–Crippen LogP) is 1.87. The first-order valence-corrected chi connectivity index (χ1v) is 3.33. The first-order valence-electron chi connectivity index (χ1n) is 3.33. The van der Waals surface area contributed by atoms with E-state index >= 15 is 0 Å². The fraction of sp³-hybridized carbons (Fsp3) is 0.125. The van der Waals surface area contributed by atoms with E-state index in [4.69, 9.17) is 11.0 Å². The summed E-state index contributed by atoms with van der Waals surface area (Å²) in [5.74, 6) is -4.03. The van der Waals surface area contributed by atoms with Crippen molar-refractivity contribution >= 4 is 5.69 Å². The molecular weight excluding hydrogens is 181 g/mol. The molecule has 0 bridgehead atoms. The van der Waals surface area contributed by atoms with Gasteiger partial charge < -0.3 is 5.73 Å². The van der Waals surface area contributed by atoms with E-state index in [1.165, 1.54) is 13.0 Å². The lowest BCUT2D eigenvalue weighted by Gasteiger charge is -2.05. The second-order valence-corrected chi connectivity index (χ2v) is 2.47. The van der Waals surface area contributed by atoms with E-state index in [2.05, 4.69) is 0 Å². The van der Waals surface area contributed by atoms with Crippen LogP contribution in [0, 0.1) is 35.7 Å². The second kappa shape index (κ2) is 2.98. The van der Waals surface area contributed by atoms with Crippen molar-refractivity contribution in [2.75, 3.05) is 5.73 Å². The Balaban J connectivity index is 3.69. The number of hydrogen-bond donors (Lipinski definition) is 1. The number of nitriles is 1. The van der Waals surface area contributed by atoms with Gasteiger partial charge in [0, 0.05) is 5.56 Å². The van der Waals surface area contributed by atoms with Gasteiger partial charge in [-0.15, -0.1) is 0 Å². The van der Waals surface area contributed by atoms with Crippen molar-refractivity contribution < 1.29 is 13.2 Å². The molecule has 0 fully saturated rings. The standard InChI is InChI=1S/C8H5F3N2/c1-3-5(9)4(2-12)6(10)7(11)8(3)13/h13H2,1H3. The highest BCUT2D eigenvalue weighted by Gasteiger charge is 2.20. The molecule has 13 heavy (non-hydrogen) atoms. The van der Waals surface area contributed by atoms with Crippen LogP contribution in [-0.2, 0) is 0 Å². The molecule has 0 radical (unpaired) electrons. The normalized spacial score (nSPS) is 9.77. The van der Waals surface area contributed by atoms with Gasteiger partial charge >= 0.3 is 0 Å². The van der Waals surface area contributed by atoms with E-state index in [0.29, 0.717) is 0 Å². The summed E-state index contributed by atoms with van der Waals surface area (Å²) in [6, 6.07) is 1.23. The number of anilines is 1. The van der Waals surface area contributed by atoms with Gasteiger partial charge in [0.25, 0.3) is 0 Å². The van der Waals surface area contributed by atoms with Crippen molar-refractivity contribution in [1.82, 2.24) is 0 Å². The summed E-state index contributed by atoms with van der Waals surface area (Å²) in [5, 5.41) is 8.30. The maximum atomic E-state index is 13.0. The minimum atomic E-state index is -1.54. The molecule has 1 aromatic rings. The molecule has 0 aliphatic heterocycles. The van der Waals surface area contributed by atoms with Crippen molar-refractivity contribution in [2.24, 2.45) is 0 Å². The highest BCUT2D eigenvalue weighted by atomic mass is 19.2. The summed E-state index contributed by atoms with van der Waals surface area (Å²) in [6.07, 6.45) is 0. The SMILES string of the molecule is Cc1c(N)c(F)c(F)c(C#N)c1F. The molecule has 2 N–H and O–H groups in total. The lowest BCUT2D eigenvalue weighted by atomic mass is 10.1. The van der Waals surface area contributed by atoms with Gasteiger partial charge in [0.1, 0.15) is 17.4 Å². The number of nitrogens with zero attached hydrogens (tertiary/aromatic N) is 1. The van der Waals surface area contributed by atoms with Crippen molar-refractivity contribution in [3.8, 4) is 6.07 Å². The second-order valence-electron chi connectivity index (χ2n) is 2.47. The summed E-state index contributed by atoms with van der Waals surface area (Å²) >= 11 is 0. The first kappa shape index (κ1) is 9.39. The van der Waals surface area contributed by atoms with Crippen LogP contribution in [0.1, 0.15) is 11.1 Å². The highest BCUT2D eigenvalue weighted by molar-refractivity contribution is 5.53. The number of benzene rings is 1. The third-order valence-corrected chi connectivity index (χ3v) is 1.71. The Labute approximate surface area is 72.4 Å². The highest BCUT2D eigenvalue weighted by Crippen LogP contribution is 2.25. The van der Waals surface area contributed by atoms with Crippen LogP contribution in [0.3, 0.4) is 0 Å². The van der Waals surface area contributed by atoms with Crippen molar-refractivity contribution in [1.29, 1.82) is 5.26 Å². The van der Waals surface area contributed by atoms with E-state index in [1.54, 1.807) is 0 Å². The largest absolute Gasteiger partial charge is 0.396 e. The Kier molecular flexibility index (Phi) is 2.15. The number of hydrogen-bond acceptors (Lipinski definition) is 2. The maximum absolute atomic E-state index is 13.0. The number of nitrogen functional groups attached to an aromatic ring is 1. The average Bonchev–Trinajstić information content (AvgIpc) is 2.13. The zero-order chi connectivity index (χ0) is 10.2. The van der Waals surface area contributed by atoms with Crippen LogP contribution in [0.5, 0.6) is 0 Å². The van der Waals surface area contributed by atoms with Gasteiger partial charge in [-0.05, 0) is 6.92 Å². The van der Waals surface area contributed by atoms with Crippen LogP contribution < -0.4 is 5.73 Å². The molecule has 1 aromatic carbocycles. The Bertz CT molecular complexity index is 378. The maximum Gasteiger partial charge on any atom is 0.183 e. The fourth-order valence-electron chi connectivity index (χ4n) is 0.893. The smallest absolute Gasteiger partial charge is 0.183 e. The number of nitrogens with two attached hydrogens (primary N) is 1. The van der Waals surface area contributed by atoms with Crippen LogP contribution in [0.4, 0.5) is 18.9 Å². The molecule has 0 aliphatic rings. The lowest BCUT2D eigenvalue weighted by molar-refractivity contribution is 0.492. The van der Waals surface area contributed by atoms with Gasteiger partial charge in [-0.3, -0.25) is 0 Å². The topological polar surface area (TPSA) is 49.8 Å². The van der Waals surface area contributed by atoms with Crippen molar-refractivity contribution in [3.05, 3.63) is 28.6 Å². The van der Waals surface area contributed by atoms with E-state index in [9.17, 15) is 13.2 Å². The van der Waals surface area contributed by atoms with Crippen LogP contribution >= 0.6 is 0 Å². The van der Waals surface area contributed by atoms with Crippen LogP contribution in [0.15, 0.2) is 0 Å². The summed E-state index contributed by atoms with van der Waals surface area (Å²) in [6.45, 7) is 1.17. The number of rotatable bonds is 0. The summed E-state index contributed by atoms with van der Waals surface area (Å²) in [7, 11) is 0. The van der Waals surface area contributed by atoms with E-state index < -0.39 is 28.7 Å². The first-order chi connectivity index (χ1) is 6.00. The Morgan fingerprint density at radius 1 is 1.15 bits per heavy atom. The third-order valence-electron chi connectivity index (χ3n) is 1.71. The van der Waals surface area contributed by atoms with Crippen molar-refractivity contribution in [2.45, 2.75) is 6.92 Å². The lowest BCUT2D eigenvalue weighted by Crippen LogP contribution is -2.04. The molecular formula is C8H5F3N2. The molecule has 0 amide bonds. The Morgan fingerprint density at radius 2 is 1.69 bits per heavy atom. The summed E-state index contributed by atoms with van der Waals surface area (Å²) < 4.78 is 38.6. The molecule has 68 valence electrons. The fourth-order valence-corrected chi connectivity index (χ4v) is 0.893. The molecule has 1 rings (SSSR count). The molecule has 2 nitrogen and oxygen atoms in total. The molecule has 0 aliphatic carbocycles. The van der Waals surface area contributed by atoms with Crippen LogP contribution in [0.25, 0.3) is 0 Å². The molecule has 0 heterocycles. The molecule has 5 heteroatoms. The van der Waals surface area contributed by atoms with Crippen molar-refractivity contribution in [3.63, 3.8) is 0 Å². The predicted molar refractivity (Wildman–Crippen MR) is 40.2 cm³/mol. The molecule has 0 saturated heterocycles. The molecule has 0 saturated carbocycles. The summed E-state index contributed by atoms with van der Waals surface area (Å²) in [5.41, 5.74) is 3.25. The molecule has 0 aromatic heterocycles. The van der Waals surface area contributed by atoms with Gasteiger partial charge in [0.15, 0.2) is 11.6 Å².